The molecule has 5 rings (SSSR count). The number of para-hydroxylation sites is 2. The van der Waals surface area contributed by atoms with Crippen LogP contribution in [0.5, 0.6) is 0 Å². The number of ether oxygens (including phenoxy) is 2. The summed E-state index contributed by atoms with van der Waals surface area (Å²) in [6.07, 6.45) is 5.25. The van der Waals surface area contributed by atoms with Gasteiger partial charge >= 0.3 is 11.9 Å². The van der Waals surface area contributed by atoms with E-state index in [1.807, 2.05) is 60.7 Å². The summed E-state index contributed by atoms with van der Waals surface area (Å²) in [5.41, 5.74) is 10.9. The molecule has 0 bridgehead atoms. The maximum Gasteiger partial charge on any atom is 0.338 e. The quantitative estimate of drug-likeness (QED) is 0.104. The molecule has 7 nitrogen and oxygen atoms in total. The van der Waals surface area contributed by atoms with Gasteiger partial charge in [-0.25, -0.2) is 4.79 Å². The summed E-state index contributed by atoms with van der Waals surface area (Å²) < 4.78 is 12.4. The maximum absolute atomic E-state index is 13.4. The third-order valence-electron chi connectivity index (χ3n) is 8.71. The van der Waals surface area contributed by atoms with Gasteiger partial charge in [0.1, 0.15) is 6.61 Å². The third kappa shape index (κ3) is 9.32. The van der Waals surface area contributed by atoms with Gasteiger partial charge in [-0.05, 0) is 82.3 Å². The van der Waals surface area contributed by atoms with Crippen molar-refractivity contribution in [2.75, 3.05) is 24.2 Å². The summed E-state index contributed by atoms with van der Waals surface area (Å²) in [6.45, 7) is 3.54. The number of hydrogen-bond acceptors (Lipinski definition) is 7. The number of carbonyl (C=O) groups excluding carboxylic acids is 2. The highest BCUT2D eigenvalue weighted by atomic mass is 79.9. The molecule has 4 aromatic carbocycles. The van der Waals surface area contributed by atoms with Crippen LogP contribution in [0.15, 0.2) is 89.4 Å². The van der Waals surface area contributed by atoms with Crippen LogP contribution in [0.25, 0.3) is 0 Å². The van der Waals surface area contributed by atoms with Gasteiger partial charge in [0.2, 0.25) is 0 Å². The molecule has 0 amide bonds. The normalized spacial score (nSPS) is 14.0. The van der Waals surface area contributed by atoms with Crippen LogP contribution in [0.1, 0.15) is 72.2 Å². The Balaban J connectivity index is 1.28. The highest BCUT2D eigenvalue weighted by Crippen LogP contribution is 2.34. The van der Waals surface area contributed by atoms with Gasteiger partial charge < -0.3 is 20.5 Å². The first kappa shape index (κ1) is 35.7. The molecule has 1 fully saturated rings. The lowest BCUT2D eigenvalue weighted by molar-refractivity contribution is -0.150. The Hall–Kier alpha value is -3.56. The van der Waals surface area contributed by atoms with Gasteiger partial charge in [-0.1, -0.05) is 104 Å². The van der Waals surface area contributed by atoms with Crippen molar-refractivity contribution in [1.82, 2.24) is 4.90 Å². The zero-order valence-corrected chi connectivity index (χ0v) is 30.0. The Kier molecular flexibility index (Phi) is 12.8. The molecular weight excluding hydrogens is 713 g/mol. The van der Waals surface area contributed by atoms with Crippen molar-refractivity contribution >= 4 is 68.1 Å². The number of anilines is 3. The molecule has 1 aliphatic rings. The number of rotatable bonds is 13. The van der Waals surface area contributed by atoms with E-state index >= 15 is 0 Å². The van der Waals surface area contributed by atoms with Crippen LogP contribution < -0.4 is 11.1 Å². The number of halogens is 3. The Morgan fingerprint density at radius 3 is 2.33 bits per heavy atom. The van der Waals surface area contributed by atoms with Crippen LogP contribution in [-0.2, 0) is 27.2 Å². The van der Waals surface area contributed by atoms with E-state index < -0.39 is 18.0 Å². The van der Waals surface area contributed by atoms with E-state index in [-0.39, 0.29) is 13.0 Å². The Labute approximate surface area is 300 Å². The molecule has 0 aliphatic heterocycles. The summed E-state index contributed by atoms with van der Waals surface area (Å²) in [5.74, 6) is -1.01. The van der Waals surface area contributed by atoms with Crippen LogP contribution in [0.3, 0.4) is 0 Å². The van der Waals surface area contributed by atoms with Crippen LogP contribution in [-0.4, -0.2) is 36.0 Å². The predicted octanol–water partition coefficient (Wildman–Crippen LogP) is 9.92. The summed E-state index contributed by atoms with van der Waals surface area (Å²) in [7, 11) is 0. The summed E-state index contributed by atoms with van der Waals surface area (Å²) in [6, 6.07) is 25.8. The lowest BCUT2D eigenvalue weighted by Crippen LogP contribution is -2.36. The van der Waals surface area contributed by atoms with Gasteiger partial charge in [0.05, 0.1) is 33.4 Å². The predicted molar refractivity (Wildman–Crippen MR) is 197 cm³/mol. The lowest BCUT2D eigenvalue weighted by Gasteiger charge is -2.34. The van der Waals surface area contributed by atoms with Gasteiger partial charge in [-0.15, -0.1) is 0 Å². The molecule has 0 spiro atoms. The number of hydrogen-bond donors (Lipinski definition) is 2. The molecule has 0 radical (unpaired) electrons. The van der Waals surface area contributed by atoms with Crippen LogP contribution in [0.4, 0.5) is 17.1 Å². The third-order valence-corrected chi connectivity index (χ3v) is 9.99. The largest absolute Gasteiger partial charge is 0.458 e. The van der Waals surface area contributed by atoms with Gasteiger partial charge in [0.15, 0.2) is 6.10 Å². The number of nitrogens with one attached hydrogen (secondary N) is 1. The molecule has 0 aromatic heterocycles. The highest BCUT2D eigenvalue weighted by Gasteiger charge is 2.24. The van der Waals surface area contributed by atoms with E-state index in [0.29, 0.717) is 60.9 Å². The Bertz CT molecular complexity index is 1700. The summed E-state index contributed by atoms with van der Waals surface area (Å²) in [5, 5.41) is 4.16. The van der Waals surface area contributed by atoms with E-state index in [9.17, 15) is 9.59 Å². The van der Waals surface area contributed by atoms with Crippen molar-refractivity contribution < 1.29 is 19.1 Å². The van der Waals surface area contributed by atoms with Crippen molar-refractivity contribution in [3.8, 4) is 0 Å². The highest BCUT2D eigenvalue weighted by molar-refractivity contribution is 9.10. The minimum Gasteiger partial charge on any atom is -0.458 e. The minimum absolute atomic E-state index is 0.0360. The molecule has 1 aliphatic carbocycles. The van der Waals surface area contributed by atoms with E-state index in [0.717, 1.165) is 12.1 Å². The summed E-state index contributed by atoms with van der Waals surface area (Å²) >= 11 is 16.3. The second-order valence-electron chi connectivity index (χ2n) is 11.9. The van der Waals surface area contributed by atoms with Crippen LogP contribution in [0.2, 0.25) is 10.0 Å². The summed E-state index contributed by atoms with van der Waals surface area (Å²) in [4.78, 5) is 29.2. The van der Waals surface area contributed by atoms with E-state index in [1.54, 1.807) is 24.3 Å². The van der Waals surface area contributed by atoms with E-state index in [1.165, 1.54) is 32.1 Å². The van der Waals surface area contributed by atoms with Crippen molar-refractivity contribution in [3.63, 3.8) is 0 Å². The smallest absolute Gasteiger partial charge is 0.338 e. The number of esters is 2. The van der Waals surface area contributed by atoms with Crippen molar-refractivity contribution in [3.05, 3.63) is 122 Å². The fourth-order valence-corrected chi connectivity index (χ4v) is 7.09. The first-order valence-corrected chi connectivity index (χ1v) is 17.8. The molecule has 48 heavy (non-hydrogen) atoms. The number of nitrogens with zero attached hydrogens (tertiary/aromatic N) is 1. The topological polar surface area (TPSA) is 93.9 Å². The standard InChI is InChI=1S/C38H40BrCl2N3O4/c1-2-44(29-15-7-4-8-16-29)23-28-20-27(21-30(39)36(28)42)38(46)47-24-34(25-12-5-3-6-13-25)48-35(45)22-26-14-9-10-19-33(26)43-37-31(40)17-11-18-32(37)41/h3,5-6,9-14,17-21,29,34,43H,2,4,7-8,15-16,22-24,42H2,1H3. The van der Waals surface area contributed by atoms with Crippen molar-refractivity contribution in [1.29, 1.82) is 0 Å². The van der Waals surface area contributed by atoms with Crippen LogP contribution in [0, 0.1) is 0 Å². The molecule has 10 heteroatoms. The molecule has 1 saturated carbocycles. The average molecular weight is 754 g/mol. The number of nitrogens with two attached hydrogens (primary N) is 1. The van der Waals surface area contributed by atoms with Crippen LogP contribution >= 0.6 is 39.1 Å². The molecular formula is C38H40BrCl2N3O4. The molecule has 0 saturated heterocycles. The minimum atomic E-state index is -0.820. The monoisotopic (exact) mass is 751 g/mol. The van der Waals surface area contributed by atoms with Gasteiger partial charge in [-0.3, -0.25) is 9.69 Å². The number of carbonyl (C=O) groups is 2. The van der Waals surface area contributed by atoms with Gasteiger partial charge in [0.25, 0.3) is 0 Å². The molecule has 4 aromatic rings. The lowest BCUT2D eigenvalue weighted by atomic mass is 9.93. The second-order valence-corrected chi connectivity index (χ2v) is 13.6. The number of benzene rings is 4. The first-order valence-electron chi connectivity index (χ1n) is 16.3. The van der Waals surface area contributed by atoms with E-state index in [2.05, 4.69) is 33.1 Å². The second kappa shape index (κ2) is 17.2. The molecule has 1 unspecified atom stereocenters. The maximum atomic E-state index is 13.4. The van der Waals surface area contributed by atoms with E-state index in [4.69, 9.17) is 38.4 Å². The zero-order valence-electron chi connectivity index (χ0n) is 26.9. The Morgan fingerprint density at radius 2 is 1.62 bits per heavy atom. The first-order chi connectivity index (χ1) is 23.2. The molecule has 0 heterocycles. The average Bonchev–Trinajstić information content (AvgIpc) is 3.10. The molecule has 3 N–H and O–H groups in total. The Morgan fingerprint density at radius 1 is 0.938 bits per heavy atom. The van der Waals surface area contributed by atoms with Crippen molar-refractivity contribution in [2.24, 2.45) is 0 Å². The van der Waals surface area contributed by atoms with Gasteiger partial charge in [0, 0.05) is 22.7 Å². The SMILES string of the molecule is CCN(Cc1cc(C(=O)OCC(OC(=O)Cc2ccccc2Nc2c(Cl)cccc2Cl)c2ccccc2)cc(Br)c1N)C1CCCCC1. The zero-order chi connectivity index (χ0) is 34.0. The fourth-order valence-electron chi connectivity index (χ4n) is 6.09. The molecule has 1 atom stereocenters. The van der Waals surface area contributed by atoms with Crippen molar-refractivity contribution in [2.45, 2.75) is 64.1 Å². The molecule has 252 valence electrons. The fraction of sp³-hybridized carbons (Fsp3) is 0.316. The van der Waals surface area contributed by atoms with Gasteiger partial charge in [-0.2, -0.15) is 0 Å². The number of nitrogen functional groups attached to an aromatic ring is 1.